The van der Waals surface area contributed by atoms with Gasteiger partial charge in [-0.25, -0.2) is 0 Å². The molecule has 3 nitrogen and oxygen atoms in total. The van der Waals surface area contributed by atoms with E-state index in [0.717, 1.165) is 11.4 Å². The molecule has 0 aliphatic rings. The summed E-state index contributed by atoms with van der Waals surface area (Å²) in [6.07, 6.45) is 3.70. The van der Waals surface area contributed by atoms with Crippen LogP contribution < -0.4 is 10.1 Å². The molecule has 0 saturated carbocycles. The van der Waals surface area contributed by atoms with E-state index in [-0.39, 0.29) is 0 Å². The Labute approximate surface area is 110 Å². The van der Waals surface area contributed by atoms with Gasteiger partial charge in [0.2, 0.25) is 0 Å². The van der Waals surface area contributed by atoms with E-state index in [0.29, 0.717) is 19.3 Å². The van der Waals surface area contributed by atoms with Crippen LogP contribution in [0.3, 0.4) is 0 Å². The van der Waals surface area contributed by atoms with Gasteiger partial charge in [0.05, 0.1) is 6.61 Å². The van der Waals surface area contributed by atoms with Crippen LogP contribution in [0.25, 0.3) is 0 Å². The second-order valence-corrected chi connectivity index (χ2v) is 4.56. The lowest BCUT2D eigenvalue weighted by Gasteiger charge is -2.15. The van der Waals surface area contributed by atoms with Gasteiger partial charge in [0.1, 0.15) is 12.4 Å². The van der Waals surface area contributed by atoms with Crippen LogP contribution in [0.1, 0.15) is 33.1 Å². The van der Waals surface area contributed by atoms with Gasteiger partial charge < -0.3 is 14.8 Å². The Hall–Kier alpha value is -1.22. The summed E-state index contributed by atoms with van der Waals surface area (Å²) in [5.74, 6) is 0.889. The van der Waals surface area contributed by atoms with Crippen LogP contribution in [0, 0.1) is 0 Å². The molecule has 0 aromatic heterocycles. The van der Waals surface area contributed by atoms with E-state index in [1.807, 2.05) is 18.2 Å². The number of hydrogen-bond donors (Lipinski definition) is 1. The summed E-state index contributed by atoms with van der Waals surface area (Å²) in [5.41, 5.74) is 1.12. The molecule has 1 aromatic carbocycles. The van der Waals surface area contributed by atoms with E-state index in [1.54, 1.807) is 7.11 Å². The Kier molecular flexibility index (Phi) is 7.26. The molecule has 0 spiro atoms. The fourth-order valence-electron chi connectivity index (χ4n) is 1.79. The molecule has 0 bridgehead atoms. The van der Waals surface area contributed by atoms with Gasteiger partial charge in [0.25, 0.3) is 0 Å². The van der Waals surface area contributed by atoms with Crippen LogP contribution in [0.15, 0.2) is 24.3 Å². The highest BCUT2D eigenvalue weighted by molar-refractivity contribution is 5.48. The number of unbranched alkanes of at least 4 members (excludes halogenated alkanes) is 1. The first-order chi connectivity index (χ1) is 8.76. The topological polar surface area (TPSA) is 30.5 Å². The zero-order valence-corrected chi connectivity index (χ0v) is 11.7. The summed E-state index contributed by atoms with van der Waals surface area (Å²) in [5, 5.41) is 3.50. The molecule has 0 aliphatic heterocycles. The van der Waals surface area contributed by atoms with Gasteiger partial charge in [-0.15, -0.1) is 0 Å². The summed E-state index contributed by atoms with van der Waals surface area (Å²) >= 11 is 0. The minimum atomic E-state index is 0.499. The number of hydrogen-bond acceptors (Lipinski definition) is 3. The summed E-state index contributed by atoms with van der Waals surface area (Å²) in [6, 6.07) is 8.59. The molecule has 0 aliphatic carbocycles. The van der Waals surface area contributed by atoms with Crippen molar-refractivity contribution in [3.05, 3.63) is 24.3 Å². The van der Waals surface area contributed by atoms with Crippen molar-refractivity contribution in [2.24, 2.45) is 0 Å². The largest absolute Gasteiger partial charge is 0.491 e. The molecule has 1 N–H and O–H groups in total. The molecule has 1 atom stereocenters. The van der Waals surface area contributed by atoms with Crippen molar-refractivity contribution in [1.29, 1.82) is 0 Å². The van der Waals surface area contributed by atoms with Crippen molar-refractivity contribution in [2.75, 3.05) is 25.6 Å². The highest BCUT2D eigenvalue weighted by Crippen LogP contribution is 2.19. The Morgan fingerprint density at radius 2 is 2.11 bits per heavy atom. The van der Waals surface area contributed by atoms with Gasteiger partial charge in [0.15, 0.2) is 0 Å². The van der Waals surface area contributed by atoms with Crippen LogP contribution in [-0.4, -0.2) is 26.4 Å². The highest BCUT2D eigenvalue weighted by atomic mass is 16.5. The molecule has 18 heavy (non-hydrogen) atoms. The van der Waals surface area contributed by atoms with Crippen molar-refractivity contribution in [2.45, 2.75) is 39.2 Å². The second-order valence-electron chi connectivity index (χ2n) is 4.56. The Balaban J connectivity index is 2.43. The number of ether oxygens (including phenoxy) is 2. The van der Waals surface area contributed by atoms with Gasteiger partial charge >= 0.3 is 0 Å². The van der Waals surface area contributed by atoms with Crippen molar-refractivity contribution in [3.8, 4) is 5.75 Å². The van der Waals surface area contributed by atoms with E-state index in [1.165, 1.54) is 19.3 Å². The van der Waals surface area contributed by atoms with Crippen LogP contribution in [-0.2, 0) is 4.74 Å². The van der Waals surface area contributed by atoms with Gasteiger partial charge in [-0.05, 0) is 25.5 Å². The van der Waals surface area contributed by atoms with Gasteiger partial charge in [-0.3, -0.25) is 0 Å². The fraction of sp³-hybridized carbons (Fsp3) is 0.600. The third-order valence-corrected chi connectivity index (χ3v) is 2.79. The average molecular weight is 251 g/mol. The van der Waals surface area contributed by atoms with Crippen molar-refractivity contribution < 1.29 is 9.47 Å². The molecule has 1 aromatic rings. The van der Waals surface area contributed by atoms with Gasteiger partial charge in [-0.1, -0.05) is 25.8 Å². The predicted octanol–water partition coefficient (Wildman–Crippen LogP) is 3.70. The minimum Gasteiger partial charge on any atom is -0.491 e. The maximum Gasteiger partial charge on any atom is 0.121 e. The third kappa shape index (κ3) is 5.92. The van der Waals surface area contributed by atoms with E-state index < -0.39 is 0 Å². The lowest BCUT2D eigenvalue weighted by Crippen LogP contribution is -2.14. The molecule has 3 heteroatoms. The Morgan fingerprint density at radius 3 is 2.83 bits per heavy atom. The number of anilines is 1. The first-order valence-electron chi connectivity index (χ1n) is 6.74. The van der Waals surface area contributed by atoms with E-state index in [2.05, 4.69) is 25.2 Å². The molecule has 0 radical (unpaired) electrons. The van der Waals surface area contributed by atoms with Crippen LogP contribution in [0.4, 0.5) is 5.69 Å². The first kappa shape index (κ1) is 14.8. The van der Waals surface area contributed by atoms with Crippen LogP contribution in [0.5, 0.6) is 5.75 Å². The molecule has 102 valence electrons. The molecular formula is C15H25NO2. The van der Waals surface area contributed by atoms with Crippen molar-refractivity contribution >= 4 is 5.69 Å². The highest BCUT2D eigenvalue weighted by Gasteiger charge is 2.02. The monoisotopic (exact) mass is 251 g/mol. The lowest BCUT2D eigenvalue weighted by molar-refractivity contribution is 0.146. The van der Waals surface area contributed by atoms with E-state index in [4.69, 9.17) is 9.47 Å². The van der Waals surface area contributed by atoms with Crippen LogP contribution in [0.2, 0.25) is 0 Å². The zero-order valence-electron chi connectivity index (χ0n) is 11.7. The van der Waals surface area contributed by atoms with E-state index >= 15 is 0 Å². The summed E-state index contributed by atoms with van der Waals surface area (Å²) < 4.78 is 10.5. The smallest absolute Gasteiger partial charge is 0.121 e. The summed E-state index contributed by atoms with van der Waals surface area (Å²) in [7, 11) is 1.68. The fourth-order valence-corrected chi connectivity index (χ4v) is 1.79. The standard InChI is InChI=1S/C15H25NO2/c1-4-5-7-13(2)16-14-8-6-9-15(12-14)18-11-10-17-3/h6,8-9,12-13,16H,4-5,7,10-11H2,1-3H3. The molecule has 1 unspecified atom stereocenters. The molecule has 0 amide bonds. The lowest BCUT2D eigenvalue weighted by atomic mass is 10.1. The maximum atomic E-state index is 5.58. The Bertz CT molecular complexity index is 328. The normalized spacial score (nSPS) is 12.2. The van der Waals surface area contributed by atoms with Crippen LogP contribution >= 0.6 is 0 Å². The molecule has 0 fully saturated rings. The number of nitrogens with one attached hydrogen (secondary N) is 1. The molecule has 1 rings (SSSR count). The predicted molar refractivity (Wildman–Crippen MR) is 76.4 cm³/mol. The number of methoxy groups -OCH3 is 1. The Morgan fingerprint density at radius 1 is 1.28 bits per heavy atom. The number of benzene rings is 1. The maximum absolute atomic E-state index is 5.58. The molecule has 0 saturated heterocycles. The molecular weight excluding hydrogens is 226 g/mol. The SMILES string of the molecule is CCCCC(C)Nc1cccc(OCCOC)c1. The third-order valence-electron chi connectivity index (χ3n) is 2.79. The number of rotatable bonds is 9. The van der Waals surface area contributed by atoms with Gasteiger partial charge in [0, 0.05) is 24.9 Å². The van der Waals surface area contributed by atoms with E-state index in [9.17, 15) is 0 Å². The quantitative estimate of drug-likeness (QED) is 0.679. The van der Waals surface area contributed by atoms with Gasteiger partial charge in [-0.2, -0.15) is 0 Å². The van der Waals surface area contributed by atoms with Crippen molar-refractivity contribution in [1.82, 2.24) is 0 Å². The summed E-state index contributed by atoms with van der Waals surface area (Å²) in [4.78, 5) is 0. The van der Waals surface area contributed by atoms with Crippen molar-refractivity contribution in [3.63, 3.8) is 0 Å². The first-order valence-corrected chi connectivity index (χ1v) is 6.74. The zero-order chi connectivity index (χ0) is 13.2. The second kappa shape index (κ2) is 8.81. The minimum absolute atomic E-state index is 0.499. The average Bonchev–Trinajstić information content (AvgIpc) is 2.37. The summed E-state index contributed by atoms with van der Waals surface area (Å²) in [6.45, 7) is 5.64. The molecule has 0 heterocycles.